The molecule has 0 radical (unpaired) electrons. The maximum atomic E-state index is 9.72. The van der Waals surface area contributed by atoms with Gasteiger partial charge >= 0.3 is 0 Å². The van der Waals surface area contributed by atoms with Gasteiger partial charge in [0.1, 0.15) is 5.75 Å². The van der Waals surface area contributed by atoms with E-state index in [4.69, 9.17) is 10.5 Å². The van der Waals surface area contributed by atoms with Gasteiger partial charge in [-0.15, -0.1) is 0 Å². The van der Waals surface area contributed by atoms with Crippen LogP contribution in [-0.2, 0) is 0 Å². The number of nitrogens with zero attached hydrogens (tertiary/aromatic N) is 1. The second-order valence-electron chi connectivity index (χ2n) is 5.42. The number of nitrogens with two attached hydrogens (primary N) is 1. The number of aliphatic hydroxyl groups excluding tert-OH is 1. The van der Waals surface area contributed by atoms with E-state index >= 15 is 0 Å². The molecule has 3 N–H and O–H groups in total. The molecule has 1 saturated heterocycles. The predicted octanol–water partition coefficient (Wildman–Crippen LogP) is 1.92. The average Bonchev–Trinajstić information content (AvgIpc) is 2.87. The van der Waals surface area contributed by atoms with E-state index in [2.05, 4.69) is 11.0 Å². The molecule has 0 bridgehead atoms. The van der Waals surface area contributed by atoms with Crippen LogP contribution in [0.25, 0.3) is 0 Å². The van der Waals surface area contributed by atoms with Crippen molar-refractivity contribution < 1.29 is 9.84 Å². The molecular weight excluding hydrogens is 240 g/mol. The quantitative estimate of drug-likeness (QED) is 0.872. The Kier molecular flexibility index (Phi) is 4.32. The van der Waals surface area contributed by atoms with Gasteiger partial charge in [-0.25, -0.2) is 0 Å². The maximum absolute atomic E-state index is 9.72. The lowest BCUT2D eigenvalue weighted by Gasteiger charge is -2.25. The van der Waals surface area contributed by atoms with Gasteiger partial charge in [0.25, 0.3) is 0 Å². The van der Waals surface area contributed by atoms with Crippen LogP contribution in [0.4, 0.5) is 5.69 Å². The molecule has 2 rings (SSSR count). The third kappa shape index (κ3) is 2.85. The number of ether oxygens (including phenoxy) is 1. The molecule has 106 valence electrons. The number of methoxy groups -OCH3 is 1. The molecular formula is C15H24N2O2. The first-order valence-corrected chi connectivity index (χ1v) is 6.90. The summed E-state index contributed by atoms with van der Waals surface area (Å²) in [5.41, 5.74) is 8.29. The standard InChI is InChI=1S/C15H24N2O2/c1-10(16)15-13(5-4-6-14(15)19-3)17-8-7-12(9-17)11(2)18/h4-6,10-12,18H,7-9,16H2,1-3H3/t10-,11?,12?/m0/s1. The van der Waals surface area contributed by atoms with E-state index in [-0.39, 0.29) is 12.1 Å². The van der Waals surface area contributed by atoms with Crippen LogP contribution >= 0.6 is 0 Å². The van der Waals surface area contributed by atoms with Crippen molar-refractivity contribution in [3.05, 3.63) is 23.8 Å². The summed E-state index contributed by atoms with van der Waals surface area (Å²) in [6, 6.07) is 5.96. The highest BCUT2D eigenvalue weighted by atomic mass is 16.5. The third-order valence-corrected chi connectivity index (χ3v) is 3.97. The highest BCUT2D eigenvalue weighted by Gasteiger charge is 2.28. The van der Waals surface area contributed by atoms with Crippen molar-refractivity contribution in [3.63, 3.8) is 0 Å². The second kappa shape index (κ2) is 5.80. The Labute approximate surface area is 115 Å². The highest BCUT2D eigenvalue weighted by molar-refractivity contribution is 5.61. The molecule has 1 heterocycles. The van der Waals surface area contributed by atoms with Crippen LogP contribution in [0.1, 0.15) is 31.9 Å². The lowest BCUT2D eigenvalue weighted by Crippen LogP contribution is -2.25. The number of hydrogen-bond donors (Lipinski definition) is 2. The summed E-state index contributed by atoms with van der Waals surface area (Å²) in [5.74, 6) is 1.18. The van der Waals surface area contributed by atoms with E-state index < -0.39 is 0 Å². The predicted molar refractivity (Wildman–Crippen MR) is 77.6 cm³/mol. The van der Waals surface area contributed by atoms with Gasteiger partial charge in [0.2, 0.25) is 0 Å². The van der Waals surface area contributed by atoms with Gasteiger partial charge in [0.05, 0.1) is 13.2 Å². The normalized spacial score (nSPS) is 22.4. The van der Waals surface area contributed by atoms with Crippen molar-refractivity contribution in [1.82, 2.24) is 0 Å². The fraction of sp³-hybridized carbons (Fsp3) is 0.600. The summed E-state index contributed by atoms with van der Waals surface area (Å²) in [6.45, 7) is 5.68. The molecule has 2 unspecified atom stereocenters. The molecule has 3 atom stereocenters. The van der Waals surface area contributed by atoms with Crippen LogP contribution in [0.2, 0.25) is 0 Å². The number of benzene rings is 1. The van der Waals surface area contributed by atoms with Crippen LogP contribution in [-0.4, -0.2) is 31.4 Å². The minimum absolute atomic E-state index is 0.0725. The lowest BCUT2D eigenvalue weighted by molar-refractivity contribution is 0.136. The summed E-state index contributed by atoms with van der Waals surface area (Å²) in [4.78, 5) is 2.30. The summed E-state index contributed by atoms with van der Waals surface area (Å²) in [5, 5.41) is 9.72. The van der Waals surface area contributed by atoms with Crippen LogP contribution < -0.4 is 15.4 Å². The van der Waals surface area contributed by atoms with Crippen molar-refractivity contribution in [3.8, 4) is 5.75 Å². The summed E-state index contributed by atoms with van der Waals surface area (Å²) in [6.07, 6.45) is 0.766. The molecule has 1 aromatic rings. The molecule has 0 spiro atoms. The molecule has 1 aromatic carbocycles. The van der Waals surface area contributed by atoms with Gasteiger partial charge < -0.3 is 20.5 Å². The van der Waals surface area contributed by atoms with E-state index in [1.54, 1.807) is 7.11 Å². The van der Waals surface area contributed by atoms with Gasteiger partial charge in [-0.05, 0) is 32.4 Å². The first kappa shape index (κ1) is 14.2. The molecule has 4 heteroatoms. The van der Waals surface area contributed by atoms with Crippen LogP contribution in [0, 0.1) is 5.92 Å². The van der Waals surface area contributed by atoms with Crippen molar-refractivity contribution in [1.29, 1.82) is 0 Å². The van der Waals surface area contributed by atoms with Crippen molar-refractivity contribution in [2.24, 2.45) is 11.7 Å². The Morgan fingerprint density at radius 1 is 1.42 bits per heavy atom. The molecule has 1 aliphatic rings. The zero-order valence-corrected chi connectivity index (χ0v) is 12.0. The highest BCUT2D eigenvalue weighted by Crippen LogP contribution is 2.36. The van der Waals surface area contributed by atoms with E-state index in [9.17, 15) is 5.11 Å². The maximum Gasteiger partial charge on any atom is 0.125 e. The summed E-state index contributed by atoms with van der Waals surface area (Å²) in [7, 11) is 1.67. The number of rotatable bonds is 4. The van der Waals surface area contributed by atoms with Crippen molar-refractivity contribution in [2.75, 3.05) is 25.1 Å². The number of hydrogen-bond acceptors (Lipinski definition) is 4. The second-order valence-corrected chi connectivity index (χ2v) is 5.42. The molecule has 0 amide bonds. The Morgan fingerprint density at radius 2 is 2.16 bits per heavy atom. The van der Waals surface area contributed by atoms with Crippen LogP contribution in [0.3, 0.4) is 0 Å². The monoisotopic (exact) mass is 264 g/mol. The Balaban J connectivity index is 2.30. The van der Waals surface area contributed by atoms with Crippen LogP contribution in [0.15, 0.2) is 18.2 Å². The van der Waals surface area contributed by atoms with E-state index in [0.717, 1.165) is 36.5 Å². The number of anilines is 1. The minimum Gasteiger partial charge on any atom is -0.496 e. The van der Waals surface area contributed by atoms with Crippen molar-refractivity contribution >= 4 is 5.69 Å². The average molecular weight is 264 g/mol. The molecule has 19 heavy (non-hydrogen) atoms. The first-order chi connectivity index (χ1) is 9.04. The third-order valence-electron chi connectivity index (χ3n) is 3.97. The lowest BCUT2D eigenvalue weighted by atomic mass is 10.0. The smallest absolute Gasteiger partial charge is 0.125 e. The molecule has 0 aliphatic carbocycles. The zero-order valence-electron chi connectivity index (χ0n) is 12.0. The summed E-state index contributed by atoms with van der Waals surface area (Å²) >= 11 is 0. The van der Waals surface area contributed by atoms with Crippen molar-refractivity contribution in [2.45, 2.75) is 32.4 Å². The van der Waals surface area contributed by atoms with Gasteiger partial charge in [0, 0.05) is 36.3 Å². The minimum atomic E-state index is -0.255. The molecule has 0 saturated carbocycles. The zero-order chi connectivity index (χ0) is 14.0. The SMILES string of the molecule is COc1cccc(N2CCC(C(C)O)C2)c1[C@H](C)N. The summed E-state index contributed by atoms with van der Waals surface area (Å²) < 4.78 is 5.43. The largest absolute Gasteiger partial charge is 0.496 e. The topological polar surface area (TPSA) is 58.7 Å². The van der Waals surface area contributed by atoms with Crippen LogP contribution in [0.5, 0.6) is 5.75 Å². The molecule has 1 fully saturated rings. The first-order valence-electron chi connectivity index (χ1n) is 6.90. The number of aliphatic hydroxyl groups is 1. The van der Waals surface area contributed by atoms with E-state index in [0.29, 0.717) is 5.92 Å². The molecule has 4 nitrogen and oxygen atoms in total. The fourth-order valence-electron chi connectivity index (χ4n) is 2.84. The van der Waals surface area contributed by atoms with Gasteiger partial charge in [-0.2, -0.15) is 0 Å². The van der Waals surface area contributed by atoms with E-state index in [1.165, 1.54) is 0 Å². The Hall–Kier alpha value is -1.26. The van der Waals surface area contributed by atoms with Gasteiger partial charge in [0.15, 0.2) is 0 Å². The van der Waals surface area contributed by atoms with Gasteiger partial charge in [-0.3, -0.25) is 0 Å². The molecule has 0 aromatic heterocycles. The molecule has 1 aliphatic heterocycles. The fourth-order valence-corrected chi connectivity index (χ4v) is 2.84. The van der Waals surface area contributed by atoms with Gasteiger partial charge in [-0.1, -0.05) is 6.07 Å². The van der Waals surface area contributed by atoms with E-state index in [1.807, 2.05) is 26.0 Å². The Morgan fingerprint density at radius 3 is 2.68 bits per heavy atom. The Bertz CT molecular complexity index is 432.